The predicted molar refractivity (Wildman–Crippen MR) is 89.4 cm³/mol. The first-order valence-corrected chi connectivity index (χ1v) is 7.74. The van der Waals surface area contributed by atoms with E-state index in [4.69, 9.17) is 9.47 Å². The molecule has 0 saturated carbocycles. The van der Waals surface area contributed by atoms with Crippen LogP contribution in [-0.4, -0.2) is 19.8 Å². The summed E-state index contributed by atoms with van der Waals surface area (Å²) in [6.07, 6.45) is 3.18. The predicted octanol–water partition coefficient (Wildman–Crippen LogP) is 4.27. The summed E-state index contributed by atoms with van der Waals surface area (Å²) < 4.78 is 11.5. The molecule has 1 rings (SSSR count). The highest BCUT2D eigenvalue weighted by Gasteiger charge is 2.19. The molecule has 0 amide bonds. The zero-order valence-electron chi connectivity index (χ0n) is 14.0. The average molecular weight is 291 g/mol. The van der Waals surface area contributed by atoms with Gasteiger partial charge >= 0.3 is 0 Å². The van der Waals surface area contributed by atoms with Crippen LogP contribution in [0.4, 0.5) is 0 Å². The van der Waals surface area contributed by atoms with Crippen LogP contribution in [0.2, 0.25) is 0 Å². The molecule has 0 bridgehead atoms. The molecule has 0 aliphatic rings. The summed E-state index contributed by atoms with van der Waals surface area (Å²) >= 11 is 0. The van der Waals surface area contributed by atoms with Crippen molar-refractivity contribution in [1.82, 2.24) is 5.32 Å². The SMILES string of the molecule is C=CC(C)c1c(CNCCC)ccc(OC)c1OC(C)C. The van der Waals surface area contributed by atoms with E-state index in [9.17, 15) is 0 Å². The summed E-state index contributed by atoms with van der Waals surface area (Å²) in [5.41, 5.74) is 2.41. The summed E-state index contributed by atoms with van der Waals surface area (Å²) in [6, 6.07) is 4.10. The fourth-order valence-corrected chi connectivity index (χ4v) is 2.31. The topological polar surface area (TPSA) is 30.5 Å². The van der Waals surface area contributed by atoms with E-state index in [1.165, 1.54) is 11.1 Å². The van der Waals surface area contributed by atoms with Crippen molar-refractivity contribution in [2.45, 2.75) is 52.7 Å². The van der Waals surface area contributed by atoms with Crippen molar-refractivity contribution in [2.75, 3.05) is 13.7 Å². The number of hydrogen-bond acceptors (Lipinski definition) is 3. The monoisotopic (exact) mass is 291 g/mol. The maximum absolute atomic E-state index is 6.04. The van der Waals surface area contributed by atoms with E-state index in [1.807, 2.05) is 26.0 Å². The second kappa shape index (κ2) is 8.73. The maximum atomic E-state index is 6.04. The van der Waals surface area contributed by atoms with Crippen LogP contribution in [0, 0.1) is 0 Å². The molecule has 1 N–H and O–H groups in total. The lowest BCUT2D eigenvalue weighted by Crippen LogP contribution is -2.17. The van der Waals surface area contributed by atoms with Crippen LogP contribution in [0.3, 0.4) is 0 Å². The van der Waals surface area contributed by atoms with Gasteiger partial charge in [0.15, 0.2) is 11.5 Å². The molecule has 21 heavy (non-hydrogen) atoms. The molecule has 1 atom stereocenters. The van der Waals surface area contributed by atoms with E-state index in [0.717, 1.165) is 31.0 Å². The number of allylic oxidation sites excluding steroid dienone is 1. The fraction of sp³-hybridized carbons (Fsp3) is 0.556. The Balaban J connectivity index is 3.26. The fourth-order valence-electron chi connectivity index (χ4n) is 2.31. The first kappa shape index (κ1) is 17.6. The van der Waals surface area contributed by atoms with Crippen molar-refractivity contribution in [3.8, 4) is 11.5 Å². The summed E-state index contributed by atoms with van der Waals surface area (Å²) in [7, 11) is 1.68. The highest BCUT2D eigenvalue weighted by Crippen LogP contribution is 2.39. The zero-order valence-corrected chi connectivity index (χ0v) is 14.0. The maximum Gasteiger partial charge on any atom is 0.165 e. The Morgan fingerprint density at radius 2 is 2.00 bits per heavy atom. The Hall–Kier alpha value is -1.48. The molecular weight excluding hydrogens is 262 g/mol. The third-order valence-electron chi connectivity index (χ3n) is 3.37. The molecular formula is C18H29NO2. The highest BCUT2D eigenvalue weighted by molar-refractivity contribution is 5.53. The molecule has 118 valence electrons. The Bertz CT molecular complexity index is 455. The number of benzene rings is 1. The van der Waals surface area contributed by atoms with Crippen LogP contribution < -0.4 is 14.8 Å². The third-order valence-corrected chi connectivity index (χ3v) is 3.37. The lowest BCUT2D eigenvalue weighted by molar-refractivity contribution is 0.227. The number of nitrogens with one attached hydrogen (secondary N) is 1. The minimum Gasteiger partial charge on any atom is -0.493 e. The van der Waals surface area contributed by atoms with E-state index < -0.39 is 0 Å². The van der Waals surface area contributed by atoms with Gasteiger partial charge < -0.3 is 14.8 Å². The van der Waals surface area contributed by atoms with Crippen LogP contribution in [0.15, 0.2) is 24.8 Å². The van der Waals surface area contributed by atoms with Crippen LogP contribution in [-0.2, 0) is 6.54 Å². The average Bonchev–Trinajstić information content (AvgIpc) is 2.46. The minimum absolute atomic E-state index is 0.105. The van der Waals surface area contributed by atoms with Crippen molar-refractivity contribution in [3.05, 3.63) is 35.9 Å². The van der Waals surface area contributed by atoms with E-state index in [0.29, 0.717) is 0 Å². The minimum atomic E-state index is 0.105. The molecule has 1 aromatic rings. The summed E-state index contributed by atoms with van der Waals surface area (Å²) in [5, 5.41) is 3.46. The van der Waals surface area contributed by atoms with Crippen molar-refractivity contribution in [1.29, 1.82) is 0 Å². The van der Waals surface area contributed by atoms with Crippen molar-refractivity contribution in [2.24, 2.45) is 0 Å². The molecule has 0 saturated heterocycles. The first-order chi connectivity index (χ1) is 10.0. The molecule has 0 radical (unpaired) electrons. The van der Waals surface area contributed by atoms with Crippen LogP contribution in [0.1, 0.15) is 51.2 Å². The summed E-state index contributed by atoms with van der Waals surface area (Å²) in [4.78, 5) is 0. The third kappa shape index (κ3) is 4.78. The normalized spacial score (nSPS) is 12.3. The van der Waals surface area contributed by atoms with Crippen LogP contribution in [0.5, 0.6) is 11.5 Å². The summed E-state index contributed by atoms with van der Waals surface area (Å²) in [5.74, 6) is 1.84. The molecule has 0 aliphatic heterocycles. The lowest BCUT2D eigenvalue weighted by Gasteiger charge is -2.23. The van der Waals surface area contributed by atoms with E-state index in [-0.39, 0.29) is 12.0 Å². The standard InChI is InChI=1S/C18H29NO2/c1-7-11-19-12-15-9-10-16(20-6)18(21-13(3)4)17(15)14(5)8-2/h8-10,13-14,19H,2,7,11-12H2,1,3-6H3. The van der Waals surface area contributed by atoms with Gasteiger partial charge in [-0.25, -0.2) is 0 Å². The Labute approximate surface area is 129 Å². The van der Waals surface area contributed by atoms with Gasteiger partial charge in [-0.15, -0.1) is 6.58 Å². The van der Waals surface area contributed by atoms with Gasteiger partial charge in [-0.1, -0.05) is 26.0 Å². The molecule has 1 unspecified atom stereocenters. The van der Waals surface area contributed by atoms with Gasteiger partial charge in [0, 0.05) is 18.0 Å². The van der Waals surface area contributed by atoms with E-state index >= 15 is 0 Å². The van der Waals surface area contributed by atoms with Crippen LogP contribution >= 0.6 is 0 Å². The highest BCUT2D eigenvalue weighted by atomic mass is 16.5. The second-order valence-electron chi connectivity index (χ2n) is 5.54. The Morgan fingerprint density at radius 3 is 2.52 bits per heavy atom. The first-order valence-electron chi connectivity index (χ1n) is 7.74. The molecule has 0 fully saturated rings. The van der Waals surface area contributed by atoms with Crippen molar-refractivity contribution < 1.29 is 9.47 Å². The quantitative estimate of drug-likeness (QED) is 0.544. The van der Waals surface area contributed by atoms with E-state index in [1.54, 1.807) is 7.11 Å². The molecule has 0 spiro atoms. The van der Waals surface area contributed by atoms with Crippen molar-refractivity contribution in [3.63, 3.8) is 0 Å². The zero-order chi connectivity index (χ0) is 15.8. The summed E-state index contributed by atoms with van der Waals surface area (Å²) in [6.45, 7) is 14.1. The number of ether oxygens (including phenoxy) is 2. The molecule has 0 aliphatic carbocycles. The van der Waals surface area contributed by atoms with Gasteiger partial charge in [-0.2, -0.15) is 0 Å². The lowest BCUT2D eigenvalue weighted by atomic mass is 9.94. The molecule has 0 aromatic heterocycles. The number of hydrogen-bond donors (Lipinski definition) is 1. The molecule has 1 aromatic carbocycles. The van der Waals surface area contributed by atoms with Gasteiger partial charge in [0.05, 0.1) is 13.2 Å². The van der Waals surface area contributed by atoms with Gasteiger partial charge in [0.25, 0.3) is 0 Å². The molecule has 3 heteroatoms. The number of methoxy groups -OCH3 is 1. The van der Waals surface area contributed by atoms with Crippen molar-refractivity contribution >= 4 is 0 Å². The largest absolute Gasteiger partial charge is 0.493 e. The van der Waals surface area contributed by atoms with Gasteiger partial charge in [-0.05, 0) is 38.4 Å². The van der Waals surface area contributed by atoms with Gasteiger partial charge in [0.2, 0.25) is 0 Å². The second-order valence-corrected chi connectivity index (χ2v) is 5.54. The Kier molecular flexibility index (Phi) is 7.30. The van der Waals surface area contributed by atoms with Gasteiger partial charge in [-0.3, -0.25) is 0 Å². The molecule has 3 nitrogen and oxygen atoms in total. The van der Waals surface area contributed by atoms with Gasteiger partial charge in [0.1, 0.15) is 0 Å². The molecule has 0 heterocycles. The Morgan fingerprint density at radius 1 is 1.29 bits per heavy atom. The van der Waals surface area contributed by atoms with E-state index in [2.05, 4.69) is 31.8 Å². The van der Waals surface area contributed by atoms with Crippen LogP contribution in [0.25, 0.3) is 0 Å². The number of rotatable bonds is 9. The smallest absolute Gasteiger partial charge is 0.165 e.